The highest BCUT2D eigenvalue weighted by molar-refractivity contribution is 7.13. The maximum atomic E-state index is 13.8. The molecule has 0 aliphatic carbocycles. The van der Waals surface area contributed by atoms with Gasteiger partial charge in [-0.25, -0.2) is 9.37 Å². The molecule has 0 fully saturated rings. The Labute approximate surface area is 149 Å². The Kier molecular flexibility index (Phi) is 4.73. The summed E-state index contributed by atoms with van der Waals surface area (Å²) in [6, 6.07) is 4.72. The number of nitrogens with zero attached hydrogens (tertiary/aromatic N) is 2. The molecule has 1 amide bonds. The lowest BCUT2D eigenvalue weighted by atomic mass is 10.1. The van der Waals surface area contributed by atoms with E-state index in [0.717, 1.165) is 35.9 Å². The van der Waals surface area contributed by atoms with Crippen molar-refractivity contribution in [2.45, 2.75) is 6.18 Å². The van der Waals surface area contributed by atoms with E-state index in [0.29, 0.717) is 11.3 Å². The van der Waals surface area contributed by atoms with Gasteiger partial charge >= 0.3 is 6.18 Å². The predicted molar refractivity (Wildman–Crippen MR) is 89.1 cm³/mol. The van der Waals surface area contributed by atoms with E-state index in [-0.39, 0.29) is 16.1 Å². The number of halogens is 4. The van der Waals surface area contributed by atoms with Crippen LogP contribution >= 0.6 is 11.3 Å². The Morgan fingerprint density at radius 3 is 2.69 bits per heavy atom. The normalized spacial score (nSPS) is 11.4. The van der Waals surface area contributed by atoms with Crippen LogP contribution in [0.3, 0.4) is 0 Å². The van der Waals surface area contributed by atoms with Crippen molar-refractivity contribution in [1.29, 1.82) is 0 Å². The molecule has 134 valence electrons. The molecule has 1 N–H and O–H groups in total. The molecule has 2 heterocycles. The largest absolute Gasteiger partial charge is 0.417 e. The van der Waals surface area contributed by atoms with Crippen molar-refractivity contribution in [2.75, 3.05) is 7.05 Å². The quantitative estimate of drug-likeness (QED) is 0.685. The maximum absolute atomic E-state index is 13.8. The van der Waals surface area contributed by atoms with Gasteiger partial charge in [-0.15, -0.1) is 11.3 Å². The van der Waals surface area contributed by atoms with Crippen molar-refractivity contribution in [1.82, 2.24) is 15.3 Å². The number of thiazole rings is 1. The third-order valence-electron chi connectivity index (χ3n) is 3.59. The van der Waals surface area contributed by atoms with E-state index in [1.54, 1.807) is 5.38 Å². The fourth-order valence-corrected chi connectivity index (χ4v) is 3.19. The lowest BCUT2D eigenvalue weighted by molar-refractivity contribution is -0.137. The molecule has 3 rings (SSSR count). The van der Waals surface area contributed by atoms with Crippen LogP contribution < -0.4 is 5.32 Å². The number of pyridine rings is 1. The van der Waals surface area contributed by atoms with E-state index >= 15 is 0 Å². The summed E-state index contributed by atoms with van der Waals surface area (Å²) in [7, 11) is 1.37. The van der Waals surface area contributed by atoms with E-state index in [9.17, 15) is 22.4 Å². The number of carbonyl (C=O) groups is 1. The number of rotatable bonds is 3. The minimum absolute atomic E-state index is 0.131. The molecule has 0 atom stereocenters. The van der Waals surface area contributed by atoms with Crippen molar-refractivity contribution in [3.8, 4) is 21.8 Å². The van der Waals surface area contributed by atoms with Gasteiger partial charge in [0.2, 0.25) is 0 Å². The van der Waals surface area contributed by atoms with Crippen molar-refractivity contribution >= 4 is 17.2 Å². The second-order valence-corrected chi connectivity index (χ2v) is 6.09. The van der Waals surface area contributed by atoms with Gasteiger partial charge in [-0.3, -0.25) is 9.78 Å². The smallest absolute Gasteiger partial charge is 0.355 e. The van der Waals surface area contributed by atoms with Gasteiger partial charge in [0.25, 0.3) is 5.91 Å². The average Bonchev–Trinajstić information content (AvgIpc) is 3.11. The number of alkyl halides is 3. The van der Waals surface area contributed by atoms with Crippen LogP contribution in [0.2, 0.25) is 0 Å². The van der Waals surface area contributed by atoms with Crippen molar-refractivity contribution < 1.29 is 22.4 Å². The maximum Gasteiger partial charge on any atom is 0.417 e. The highest BCUT2D eigenvalue weighted by Crippen LogP contribution is 2.38. The molecule has 0 aliphatic heterocycles. The highest BCUT2D eigenvalue weighted by atomic mass is 32.1. The molecule has 2 aromatic heterocycles. The van der Waals surface area contributed by atoms with Gasteiger partial charge in [-0.2, -0.15) is 13.2 Å². The molecule has 0 spiro atoms. The zero-order chi connectivity index (χ0) is 18.9. The predicted octanol–water partition coefficient (Wildman–Crippen LogP) is 4.39. The summed E-state index contributed by atoms with van der Waals surface area (Å²) in [5, 5.41) is 4.00. The van der Waals surface area contributed by atoms with Crippen LogP contribution in [-0.2, 0) is 6.18 Å². The van der Waals surface area contributed by atoms with Gasteiger partial charge in [-0.05, 0) is 24.3 Å². The first-order valence-electron chi connectivity index (χ1n) is 7.30. The number of benzene rings is 1. The molecule has 3 aromatic rings. The Hall–Kier alpha value is -2.81. The van der Waals surface area contributed by atoms with Crippen molar-refractivity contribution in [3.63, 3.8) is 0 Å². The zero-order valence-electron chi connectivity index (χ0n) is 13.3. The van der Waals surface area contributed by atoms with Crippen molar-refractivity contribution in [3.05, 3.63) is 59.0 Å². The van der Waals surface area contributed by atoms with Crippen LogP contribution in [0.1, 0.15) is 15.9 Å². The fraction of sp³-hybridized carbons (Fsp3) is 0.118. The molecule has 1 aromatic carbocycles. The van der Waals surface area contributed by atoms with Gasteiger partial charge in [0.1, 0.15) is 10.8 Å². The number of amides is 1. The Morgan fingerprint density at radius 2 is 2.00 bits per heavy atom. The fourth-order valence-electron chi connectivity index (χ4n) is 2.34. The number of hydrogen-bond donors (Lipinski definition) is 1. The minimum atomic E-state index is -4.54. The number of hydrogen-bond acceptors (Lipinski definition) is 4. The zero-order valence-corrected chi connectivity index (χ0v) is 14.1. The van der Waals surface area contributed by atoms with E-state index in [1.807, 2.05) is 0 Å². The summed E-state index contributed by atoms with van der Waals surface area (Å²) in [5.74, 6) is -1.30. The van der Waals surface area contributed by atoms with Crippen LogP contribution in [0.25, 0.3) is 21.8 Å². The second kappa shape index (κ2) is 6.83. The molecule has 4 nitrogen and oxygen atoms in total. The Morgan fingerprint density at radius 1 is 1.23 bits per heavy atom. The summed E-state index contributed by atoms with van der Waals surface area (Å²) in [5.41, 5.74) is -0.377. The molecule has 9 heteroatoms. The van der Waals surface area contributed by atoms with Gasteiger partial charge in [0, 0.05) is 35.9 Å². The van der Waals surface area contributed by atoms with E-state index in [1.165, 1.54) is 19.2 Å². The molecule has 0 unspecified atom stereocenters. The first-order valence-corrected chi connectivity index (χ1v) is 8.18. The molecule has 0 aliphatic rings. The summed E-state index contributed by atoms with van der Waals surface area (Å²) in [6.45, 7) is 0. The summed E-state index contributed by atoms with van der Waals surface area (Å²) < 4.78 is 53.2. The van der Waals surface area contributed by atoms with Crippen LogP contribution in [0.15, 0.2) is 42.0 Å². The van der Waals surface area contributed by atoms with Crippen LogP contribution in [-0.4, -0.2) is 22.9 Å². The van der Waals surface area contributed by atoms with Gasteiger partial charge in [0.05, 0.1) is 16.8 Å². The third-order valence-corrected chi connectivity index (χ3v) is 4.47. The van der Waals surface area contributed by atoms with Crippen LogP contribution in [0.4, 0.5) is 17.6 Å². The van der Waals surface area contributed by atoms with Gasteiger partial charge in [-0.1, -0.05) is 0 Å². The molecule has 0 bridgehead atoms. The summed E-state index contributed by atoms with van der Waals surface area (Å²) in [6.07, 6.45) is -2.37. The first-order chi connectivity index (χ1) is 12.3. The summed E-state index contributed by atoms with van der Waals surface area (Å²) in [4.78, 5) is 19.6. The lowest BCUT2D eigenvalue weighted by Gasteiger charge is -2.09. The third kappa shape index (κ3) is 3.43. The number of aromatic nitrogens is 2. The lowest BCUT2D eigenvalue weighted by Crippen LogP contribution is -2.19. The van der Waals surface area contributed by atoms with Crippen LogP contribution in [0, 0.1) is 5.82 Å². The molecular formula is C17H11F4N3OS. The number of nitrogens with one attached hydrogen (secondary N) is 1. The average molecular weight is 381 g/mol. The Balaban J connectivity index is 2.04. The highest BCUT2D eigenvalue weighted by Gasteiger charge is 2.34. The first kappa shape index (κ1) is 18.0. The summed E-state index contributed by atoms with van der Waals surface area (Å²) >= 11 is 1.01. The number of carbonyl (C=O) groups excluding carboxylic acids is 1. The van der Waals surface area contributed by atoms with Crippen molar-refractivity contribution in [2.24, 2.45) is 0 Å². The minimum Gasteiger partial charge on any atom is -0.355 e. The van der Waals surface area contributed by atoms with Crippen LogP contribution in [0.5, 0.6) is 0 Å². The molecular weight excluding hydrogens is 370 g/mol. The van der Waals surface area contributed by atoms with E-state index in [4.69, 9.17) is 0 Å². The van der Waals surface area contributed by atoms with E-state index < -0.39 is 23.5 Å². The Bertz CT molecular complexity index is 969. The SMILES string of the molecule is CNC(=O)c1cc(-c2csc(-c3cnccc3C(F)(F)F)n2)ccc1F. The topological polar surface area (TPSA) is 54.9 Å². The monoisotopic (exact) mass is 381 g/mol. The molecule has 0 saturated heterocycles. The standard InChI is InChI=1S/C17H11F4N3OS/c1-22-15(25)10-6-9(2-3-13(10)18)14-8-26-16(24-14)11-7-23-5-4-12(11)17(19,20)21/h2-8H,1H3,(H,22,25). The van der Waals surface area contributed by atoms with E-state index in [2.05, 4.69) is 15.3 Å². The van der Waals surface area contributed by atoms with Gasteiger partial charge in [0.15, 0.2) is 0 Å². The molecule has 0 radical (unpaired) electrons. The molecule has 0 saturated carbocycles. The molecule has 26 heavy (non-hydrogen) atoms. The second-order valence-electron chi connectivity index (χ2n) is 5.23. The van der Waals surface area contributed by atoms with Gasteiger partial charge < -0.3 is 5.32 Å².